The van der Waals surface area contributed by atoms with E-state index in [1.165, 1.54) is 6.92 Å². The average Bonchev–Trinajstić information content (AvgIpc) is 2.88. The maximum atomic E-state index is 12.0. The van der Waals surface area contributed by atoms with Crippen LogP contribution in [0.1, 0.15) is 24.8 Å². The fourth-order valence-electron chi connectivity index (χ4n) is 2.10. The molecule has 0 saturated carbocycles. The standard InChI is InChI=1S/C17H20ClN3O3/c1-11-15(10-16(23)20-9-3-8-19-12(2)22)21-17(24-11)13-4-6-14(18)7-5-13/h4-7H,3,8-10H2,1-2H3,(H,19,22)(H,20,23). The fraction of sp³-hybridized carbons (Fsp3) is 0.353. The van der Waals surface area contributed by atoms with Crippen molar-refractivity contribution >= 4 is 23.4 Å². The minimum atomic E-state index is -0.128. The van der Waals surface area contributed by atoms with E-state index in [2.05, 4.69) is 15.6 Å². The summed E-state index contributed by atoms with van der Waals surface area (Å²) in [6, 6.07) is 7.16. The SMILES string of the molecule is CC(=O)NCCCNC(=O)Cc1nc(-c2ccc(Cl)cc2)oc1C. The van der Waals surface area contributed by atoms with E-state index in [0.29, 0.717) is 41.9 Å². The fourth-order valence-corrected chi connectivity index (χ4v) is 2.23. The molecule has 0 aliphatic rings. The smallest absolute Gasteiger partial charge is 0.226 e. The Labute approximate surface area is 145 Å². The zero-order valence-corrected chi connectivity index (χ0v) is 14.4. The summed E-state index contributed by atoms with van der Waals surface area (Å²) in [5.41, 5.74) is 1.42. The van der Waals surface area contributed by atoms with Crippen LogP contribution in [0.25, 0.3) is 11.5 Å². The first-order valence-electron chi connectivity index (χ1n) is 7.69. The van der Waals surface area contributed by atoms with E-state index in [1.54, 1.807) is 19.1 Å². The van der Waals surface area contributed by atoms with Gasteiger partial charge in [-0.2, -0.15) is 0 Å². The normalized spacial score (nSPS) is 10.5. The zero-order valence-electron chi connectivity index (χ0n) is 13.7. The number of rotatable bonds is 7. The molecule has 0 saturated heterocycles. The Kier molecular flexibility index (Phi) is 6.37. The van der Waals surface area contributed by atoms with Crippen LogP contribution in [0.5, 0.6) is 0 Å². The highest BCUT2D eigenvalue weighted by molar-refractivity contribution is 6.30. The monoisotopic (exact) mass is 349 g/mol. The lowest BCUT2D eigenvalue weighted by Gasteiger charge is -2.04. The van der Waals surface area contributed by atoms with Crippen molar-refractivity contribution in [1.29, 1.82) is 0 Å². The number of aryl methyl sites for hydroxylation is 1. The van der Waals surface area contributed by atoms with Crippen LogP contribution < -0.4 is 10.6 Å². The molecule has 1 heterocycles. The number of halogens is 1. The van der Waals surface area contributed by atoms with Gasteiger partial charge in [0.1, 0.15) is 5.76 Å². The lowest BCUT2D eigenvalue weighted by Crippen LogP contribution is -2.29. The molecule has 2 amide bonds. The van der Waals surface area contributed by atoms with Crippen molar-refractivity contribution in [3.05, 3.63) is 40.7 Å². The molecular weight excluding hydrogens is 330 g/mol. The van der Waals surface area contributed by atoms with Crippen molar-refractivity contribution in [3.63, 3.8) is 0 Å². The zero-order chi connectivity index (χ0) is 17.5. The number of nitrogens with one attached hydrogen (secondary N) is 2. The van der Waals surface area contributed by atoms with Gasteiger partial charge < -0.3 is 15.1 Å². The van der Waals surface area contributed by atoms with Crippen LogP contribution >= 0.6 is 11.6 Å². The van der Waals surface area contributed by atoms with Crippen molar-refractivity contribution in [1.82, 2.24) is 15.6 Å². The van der Waals surface area contributed by atoms with Crippen molar-refractivity contribution in [3.8, 4) is 11.5 Å². The Hall–Kier alpha value is -2.34. The number of carbonyl (C=O) groups excluding carboxylic acids is 2. The van der Waals surface area contributed by atoms with Gasteiger partial charge >= 0.3 is 0 Å². The summed E-state index contributed by atoms with van der Waals surface area (Å²) < 4.78 is 5.63. The van der Waals surface area contributed by atoms with E-state index in [-0.39, 0.29) is 18.2 Å². The topological polar surface area (TPSA) is 84.2 Å². The van der Waals surface area contributed by atoms with Crippen LogP contribution in [0.15, 0.2) is 28.7 Å². The highest BCUT2D eigenvalue weighted by Crippen LogP contribution is 2.23. The van der Waals surface area contributed by atoms with Crippen LogP contribution in [-0.4, -0.2) is 29.9 Å². The van der Waals surface area contributed by atoms with Gasteiger partial charge in [0, 0.05) is 30.6 Å². The van der Waals surface area contributed by atoms with E-state index in [0.717, 1.165) is 5.56 Å². The van der Waals surface area contributed by atoms with Gasteiger partial charge in [0.05, 0.1) is 12.1 Å². The first-order chi connectivity index (χ1) is 11.5. The number of benzene rings is 1. The average molecular weight is 350 g/mol. The third-order valence-electron chi connectivity index (χ3n) is 3.36. The molecule has 1 aromatic heterocycles. The Morgan fingerprint density at radius 3 is 2.50 bits per heavy atom. The molecule has 7 heteroatoms. The second-order valence-corrected chi connectivity index (χ2v) is 5.83. The minimum absolute atomic E-state index is 0.0747. The van der Waals surface area contributed by atoms with Gasteiger partial charge in [-0.25, -0.2) is 4.98 Å². The van der Waals surface area contributed by atoms with Gasteiger partial charge in [-0.05, 0) is 37.6 Å². The van der Waals surface area contributed by atoms with Crippen molar-refractivity contribution in [2.24, 2.45) is 0 Å². The number of nitrogens with zero attached hydrogens (tertiary/aromatic N) is 1. The third kappa shape index (κ3) is 5.38. The molecule has 2 aromatic rings. The summed E-state index contributed by atoms with van der Waals surface area (Å²) >= 11 is 5.87. The van der Waals surface area contributed by atoms with Crippen LogP contribution in [0, 0.1) is 6.92 Å². The molecule has 24 heavy (non-hydrogen) atoms. The maximum Gasteiger partial charge on any atom is 0.226 e. The van der Waals surface area contributed by atoms with Crippen molar-refractivity contribution < 1.29 is 14.0 Å². The highest BCUT2D eigenvalue weighted by Gasteiger charge is 2.14. The molecule has 0 radical (unpaired) electrons. The first kappa shape index (κ1) is 18.0. The highest BCUT2D eigenvalue weighted by atomic mass is 35.5. The van der Waals surface area contributed by atoms with Gasteiger partial charge in [0.25, 0.3) is 0 Å². The summed E-state index contributed by atoms with van der Waals surface area (Å²) in [5, 5.41) is 6.12. The van der Waals surface area contributed by atoms with Crippen LogP contribution in [0.3, 0.4) is 0 Å². The third-order valence-corrected chi connectivity index (χ3v) is 3.61. The summed E-state index contributed by atoms with van der Waals surface area (Å²) in [5.74, 6) is 0.886. The molecule has 0 spiro atoms. The molecule has 0 bridgehead atoms. The van der Waals surface area contributed by atoms with Crippen molar-refractivity contribution in [2.75, 3.05) is 13.1 Å². The van der Waals surface area contributed by atoms with E-state index in [4.69, 9.17) is 16.0 Å². The van der Waals surface area contributed by atoms with E-state index >= 15 is 0 Å². The number of hydrogen-bond acceptors (Lipinski definition) is 4. The summed E-state index contributed by atoms with van der Waals surface area (Å²) in [6.45, 7) is 4.29. The van der Waals surface area contributed by atoms with Gasteiger partial charge in [-0.3, -0.25) is 9.59 Å². The molecule has 128 valence electrons. The first-order valence-corrected chi connectivity index (χ1v) is 8.07. The number of oxazole rings is 1. The molecule has 0 aliphatic heterocycles. The number of aromatic nitrogens is 1. The van der Waals surface area contributed by atoms with Gasteiger partial charge in [0.15, 0.2) is 0 Å². The lowest BCUT2D eigenvalue weighted by molar-refractivity contribution is -0.120. The molecular formula is C17H20ClN3O3. The largest absolute Gasteiger partial charge is 0.441 e. The predicted molar refractivity (Wildman–Crippen MR) is 91.7 cm³/mol. The summed E-state index contributed by atoms with van der Waals surface area (Å²) in [7, 11) is 0. The Bertz CT molecular complexity index is 710. The number of carbonyl (C=O) groups is 2. The molecule has 0 unspecified atom stereocenters. The molecule has 0 atom stereocenters. The molecule has 0 fully saturated rings. The maximum absolute atomic E-state index is 12.0. The Morgan fingerprint density at radius 1 is 1.17 bits per heavy atom. The predicted octanol–water partition coefficient (Wildman–Crippen LogP) is 2.49. The Morgan fingerprint density at radius 2 is 1.83 bits per heavy atom. The number of hydrogen-bond donors (Lipinski definition) is 2. The van der Waals surface area contributed by atoms with Crippen molar-refractivity contribution in [2.45, 2.75) is 26.7 Å². The second kappa shape index (κ2) is 8.49. The van der Waals surface area contributed by atoms with Crippen LogP contribution in [-0.2, 0) is 16.0 Å². The molecule has 2 N–H and O–H groups in total. The van der Waals surface area contributed by atoms with Gasteiger partial charge in [0.2, 0.25) is 17.7 Å². The van der Waals surface area contributed by atoms with E-state index in [9.17, 15) is 9.59 Å². The van der Waals surface area contributed by atoms with E-state index < -0.39 is 0 Å². The Balaban J connectivity index is 1.87. The lowest BCUT2D eigenvalue weighted by atomic mass is 10.2. The van der Waals surface area contributed by atoms with Crippen LogP contribution in [0.4, 0.5) is 0 Å². The molecule has 0 aliphatic carbocycles. The second-order valence-electron chi connectivity index (χ2n) is 5.39. The summed E-state index contributed by atoms with van der Waals surface area (Å²) in [6.07, 6.45) is 0.836. The van der Waals surface area contributed by atoms with Gasteiger partial charge in [-0.15, -0.1) is 0 Å². The van der Waals surface area contributed by atoms with Gasteiger partial charge in [-0.1, -0.05) is 11.6 Å². The number of amides is 2. The minimum Gasteiger partial charge on any atom is -0.441 e. The quantitative estimate of drug-likeness (QED) is 0.752. The molecule has 6 nitrogen and oxygen atoms in total. The summed E-state index contributed by atoms with van der Waals surface area (Å²) in [4.78, 5) is 27.1. The molecule has 1 aromatic carbocycles. The van der Waals surface area contributed by atoms with E-state index in [1.807, 2.05) is 12.1 Å². The van der Waals surface area contributed by atoms with Crippen LogP contribution in [0.2, 0.25) is 5.02 Å². The molecule has 2 rings (SSSR count).